The highest BCUT2D eigenvalue weighted by atomic mass is 16.5. The molecule has 0 spiro atoms. The number of nitrogen functional groups attached to an aromatic ring is 1. The molecule has 4 aromatic rings. The molecular weight excluding hydrogens is 450 g/mol. The van der Waals surface area contributed by atoms with E-state index in [-0.39, 0.29) is 5.91 Å². The topological polar surface area (TPSA) is 85.4 Å². The molecular formula is C29H31N5O2. The van der Waals surface area contributed by atoms with Gasteiger partial charge in [-0.1, -0.05) is 36.4 Å². The number of pyridine rings is 1. The summed E-state index contributed by atoms with van der Waals surface area (Å²) in [7, 11) is 0. The van der Waals surface area contributed by atoms with Crippen LogP contribution in [0.25, 0.3) is 22.2 Å². The molecule has 0 radical (unpaired) electrons. The van der Waals surface area contributed by atoms with E-state index in [1.54, 1.807) is 6.20 Å². The lowest BCUT2D eigenvalue weighted by molar-refractivity contribution is 0.0364. The van der Waals surface area contributed by atoms with Gasteiger partial charge in [0.1, 0.15) is 5.65 Å². The number of hydrogen-bond donors (Lipinski definition) is 2. The van der Waals surface area contributed by atoms with E-state index in [0.29, 0.717) is 22.9 Å². The van der Waals surface area contributed by atoms with E-state index in [0.717, 1.165) is 61.6 Å². The molecule has 1 saturated carbocycles. The number of carbonyl (C=O) groups excluding carboxylic acids is 1. The summed E-state index contributed by atoms with van der Waals surface area (Å²) in [5.41, 5.74) is 12.2. The zero-order valence-corrected chi connectivity index (χ0v) is 20.3. The Morgan fingerprint density at radius 2 is 1.81 bits per heavy atom. The normalized spacial score (nSPS) is 16.3. The highest BCUT2D eigenvalue weighted by Gasteiger charge is 2.28. The molecule has 2 aromatic heterocycles. The van der Waals surface area contributed by atoms with Gasteiger partial charge in [0.2, 0.25) is 0 Å². The molecule has 1 amide bonds. The van der Waals surface area contributed by atoms with Gasteiger partial charge in [0.25, 0.3) is 5.91 Å². The zero-order valence-electron chi connectivity index (χ0n) is 20.3. The quantitative estimate of drug-likeness (QED) is 0.372. The molecule has 6 rings (SSSR count). The van der Waals surface area contributed by atoms with Crippen molar-refractivity contribution in [1.82, 2.24) is 14.5 Å². The highest BCUT2D eigenvalue weighted by molar-refractivity contribution is 6.07. The Morgan fingerprint density at radius 3 is 2.58 bits per heavy atom. The van der Waals surface area contributed by atoms with Crippen LogP contribution in [-0.2, 0) is 11.3 Å². The number of nitrogens with two attached hydrogens (primary N) is 1. The third kappa shape index (κ3) is 4.72. The number of amides is 1. The van der Waals surface area contributed by atoms with Crippen LogP contribution in [0.15, 0.2) is 66.9 Å². The lowest BCUT2D eigenvalue weighted by atomic mass is 10.0. The van der Waals surface area contributed by atoms with Gasteiger partial charge in [0, 0.05) is 43.5 Å². The molecule has 2 aromatic carbocycles. The van der Waals surface area contributed by atoms with Crippen molar-refractivity contribution in [3.63, 3.8) is 0 Å². The minimum absolute atomic E-state index is 0.213. The molecule has 1 aliphatic heterocycles. The minimum atomic E-state index is -0.213. The van der Waals surface area contributed by atoms with Crippen LogP contribution in [0.5, 0.6) is 0 Å². The fourth-order valence-electron chi connectivity index (χ4n) is 4.98. The second kappa shape index (κ2) is 9.76. The molecule has 2 fully saturated rings. The highest BCUT2D eigenvalue weighted by Crippen LogP contribution is 2.42. The molecule has 0 atom stereocenters. The number of anilines is 2. The summed E-state index contributed by atoms with van der Waals surface area (Å²) in [5, 5.41) is 4.01. The number of carbonyl (C=O) groups is 1. The lowest BCUT2D eigenvalue weighted by Crippen LogP contribution is -2.38. The molecule has 7 nitrogen and oxygen atoms in total. The maximum absolute atomic E-state index is 13.2. The summed E-state index contributed by atoms with van der Waals surface area (Å²) in [6.07, 6.45) is 4.12. The van der Waals surface area contributed by atoms with Gasteiger partial charge in [0.05, 0.1) is 30.2 Å². The van der Waals surface area contributed by atoms with E-state index in [4.69, 9.17) is 15.5 Å². The molecule has 1 aliphatic carbocycles. The molecule has 36 heavy (non-hydrogen) atoms. The van der Waals surface area contributed by atoms with Crippen LogP contribution >= 0.6 is 0 Å². The van der Waals surface area contributed by atoms with E-state index < -0.39 is 0 Å². The van der Waals surface area contributed by atoms with Gasteiger partial charge < -0.3 is 20.4 Å². The summed E-state index contributed by atoms with van der Waals surface area (Å²) in [4.78, 5) is 20.4. The van der Waals surface area contributed by atoms with Gasteiger partial charge in [-0.15, -0.1) is 0 Å². The molecule has 7 heteroatoms. The standard InChI is InChI=1S/C29H31N5O2/c30-25-9-8-22(20-4-2-1-3-5-20)17-26(25)32-29(35)24-16-23-18-27(21-6-7-21)34(28(23)31-19-24)11-10-33-12-14-36-15-13-33/h1-5,8-9,16-19,21H,6-7,10-15,30H2,(H,32,35). The van der Waals surface area contributed by atoms with Gasteiger partial charge in [-0.25, -0.2) is 4.98 Å². The molecule has 2 aliphatic rings. The lowest BCUT2D eigenvalue weighted by Gasteiger charge is -2.27. The first-order valence-electron chi connectivity index (χ1n) is 12.7. The number of benzene rings is 2. The Hall–Kier alpha value is -3.68. The largest absolute Gasteiger partial charge is 0.397 e. The maximum atomic E-state index is 13.2. The summed E-state index contributed by atoms with van der Waals surface area (Å²) in [6, 6.07) is 19.9. The second-order valence-corrected chi connectivity index (χ2v) is 9.71. The Labute approximate surface area is 210 Å². The molecule has 1 saturated heterocycles. The number of aromatic nitrogens is 2. The minimum Gasteiger partial charge on any atom is -0.397 e. The van der Waals surface area contributed by atoms with E-state index in [1.807, 2.05) is 54.6 Å². The van der Waals surface area contributed by atoms with Crippen molar-refractivity contribution in [3.8, 4) is 11.1 Å². The van der Waals surface area contributed by atoms with E-state index >= 15 is 0 Å². The molecule has 0 bridgehead atoms. The third-order valence-electron chi connectivity index (χ3n) is 7.18. The van der Waals surface area contributed by atoms with Crippen LogP contribution in [0.3, 0.4) is 0 Å². The van der Waals surface area contributed by atoms with Gasteiger partial charge in [-0.2, -0.15) is 0 Å². The van der Waals surface area contributed by atoms with Crippen LogP contribution in [-0.4, -0.2) is 53.2 Å². The molecule has 3 N–H and O–H groups in total. The fourth-order valence-corrected chi connectivity index (χ4v) is 4.98. The van der Waals surface area contributed by atoms with Crippen molar-refractivity contribution in [2.24, 2.45) is 0 Å². The number of morpholine rings is 1. The Morgan fingerprint density at radius 1 is 1.00 bits per heavy atom. The summed E-state index contributed by atoms with van der Waals surface area (Å²) < 4.78 is 7.84. The van der Waals surface area contributed by atoms with Crippen LogP contribution in [0.4, 0.5) is 11.4 Å². The summed E-state index contributed by atoms with van der Waals surface area (Å²) in [6.45, 7) is 5.44. The van der Waals surface area contributed by atoms with Crippen molar-refractivity contribution in [2.75, 3.05) is 43.9 Å². The van der Waals surface area contributed by atoms with Crippen molar-refractivity contribution in [3.05, 3.63) is 78.1 Å². The van der Waals surface area contributed by atoms with Crippen molar-refractivity contribution in [2.45, 2.75) is 25.3 Å². The van der Waals surface area contributed by atoms with Crippen LogP contribution in [0.2, 0.25) is 0 Å². The number of nitrogens with one attached hydrogen (secondary N) is 1. The van der Waals surface area contributed by atoms with Crippen molar-refractivity contribution < 1.29 is 9.53 Å². The predicted octanol–water partition coefficient (Wildman–Crippen LogP) is 4.75. The van der Waals surface area contributed by atoms with E-state index in [9.17, 15) is 4.79 Å². The number of nitrogens with zero attached hydrogens (tertiary/aromatic N) is 3. The van der Waals surface area contributed by atoms with Gasteiger partial charge in [-0.3, -0.25) is 9.69 Å². The average Bonchev–Trinajstić information content (AvgIpc) is 3.70. The average molecular weight is 482 g/mol. The Bertz CT molecular complexity index is 1390. The zero-order chi connectivity index (χ0) is 24.5. The van der Waals surface area contributed by atoms with Crippen LogP contribution < -0.4 is 11.1 Å². The predicted molar refractivity (Wildman–Crippen MR) is 143 cm³/mol. The first-order valence-corrected chi connectivity index (χ1v) is 12.7. The second-order valence-electron chi connectivity index (χ2n) is 9.71. The van der Waals surface area contributed by atoms with Crippen LogP contribution in [0.1, 0.15) is 34.8 Å². The Kier molecular flexibility index (Phi) is 6.17. The number of rotatable bonds is 7. The van der Waals surface area contributed by atoms with Crippen molar-refractivity contribution in [1.29, 1.82) is 0 Å². The first-order chi connectivity index (χ1) is 17.7. The van der Waals surface area contributed by atoms with Crippen molar-refractivity contribution >= 4 is 28.3 Å². The van der Waals surface area contributed by atoms with Crippen LogP contribution in [0, 0.1) is 0 Å². The molecule has 0 unspecified atom stereocenters. The number of fused-ring (bicyclic) bond motifs is 1. The third-order valence-corrected chi connectivity index (χ3v) is 7.18. The molecule has 3 heterocycles. The number of hydrogen-bond acceptors (Lipinski definition) is 5. The summed E-state index contributed by atoms with van der Waals surface area (Å²) in [5.74, 6) is 0.386. The Balaban J connectivity index is 1.24. The SMILES string of the molecule is Nc1ccc(-c2ccccc2)cc1NC(=O)c1cnc2c(c1)cc(C1CC1)n2CCN1CCOCC1. The van der Waals surface area contributed by atoms with E-state index in [1.165, 1.54) is 18.5 Å². The van der Waals surface area contributed by atoms with Gasteiger partial charge >= 0.3 is 0 Å². The summed E-state index contributed by atoms with van der Waals surface area (Å²) >= 11 is 0. The maximum Gasteiger partial charge on any atom is 0.257 e. The van der Waals surface area contributed by atoms with Gasteiger partial charge in [0.15, 0.2) is 0 Å². The van der Waals surface area contributed by atoms with E-state index in [2.05, 4.69) is 20.9 Å². The first kappa shape index (κ1) is 22.8. The van der Waals surface area contributed by atoms with Gasteiger partial charge in [-0.05, 0) is 54.2 Å². The smallest absolute Gasteiger partial charge is 0.257 e. The molecule has 184 valence electrons. The number of ether oxygens (including phenoxy) is 1. The fraction of sp³-hybridized carbons (Fsp3) is 0.310. The monoisotopic (exact) mass is 481 g/mol.